The summed E-state index contributed by atoms with van der Waals surface area (Å²) in [4.78, 5) is 13.9. The van der Waals surface area contributed by atoms with Gasteiger partial charge in [0.05, 0.1) is 30.7 Å². The number of morpholine rings is 1. The second-order valence-electron chi connectivity index (χ2n) is 4.64. The second kappa shape index (κ2) is 6.03. The fraction of sp³-hybridized carbons (Fsp3) is 0.667. The van der Waals surface area contributed by atoms with Gasteiger partial charge in [0, 0.05) is 13.1 Å². The topological polar surface area (TPSA) is 104 Å². The smallest absolute Gasteiger partial charge is 0.276 e. The standard InChI is InChI=1S/C12H20N4O3/c1-2-3-9-10(13)11(15-14-9)12(18)16-4-5-19-8(6-16)7-17/h8,17H,2-7,13H2,1H3,(H,14,15). The quantitative estimate of drug-likeness (QED) is 0.700. The number of amides is 1. The van der Waals surface area contributed by atoms with Crippen LogP contribution in [-0.2, 0) is 11.2 Å². The summed E-state index contributed by atoms with van der Waals surface area (Å²) in [6.45, 7) is 3.22. The molecule has 1 aromatic rings. The number of nitrogen functional groups attached to an aromatic ring is 1. The van der Waals surface area contributed by atoms with Crippen molar-refractivity contribution in [3.05, 3.63) is 11.4 Å². The summed E-state index contributed by atoms with van der Waals surface area (Å²) in [7, 11) is 0. The molecule has 4 N–H and O–H groups in total. The molecule has 1 aliphatic rings. The van der Waals surface area contributed by atoms with Gasteiger partial charge in [0.2, 0.25) is 0 Å². The van der Waals surface area contributed by atoms with Crippen LogP contribution in [0.1, 0.15) is 29.5 Å². The Labute approximate surface area is 111 Å². The largest absolute Gasteiger partial charge is 0.395 e. The number of hydrogen-bond donors (Lipinski definition) is 3. The summed E-state index contributed by atoms with van der Waals surface area (Å²) in [5.41, 5.74) is 7.44. The first-order valence-corrected chi connectivity index (χ1v) is 6.51. The summed E-state index contributed by atoms with van der Waals surface area (Å²) < 4.78 is 5.31. The Morgan fingerprint density at radius 1 is 1.68 bits per heavy atom. The van der Waals surface area contributed by atoms with E-state index in [-0.39, 0.29) is 24.3 Å². The van der Waals surface area contributed by atoms with Crippen molar-refractivity contribution in [1.29, 1.82) is 0 Å². The molecule has 1 aliphatic heterocycles. The van der Waals surface area contributed by atoms with Crippen molar-refractivity contribution in [3.63, 3.8) is 0 Å². The number of rotatable bonds is 4. The van der Waals surface area contributed by atoms with Crippen molar-refractivity contribution in [2.45, 2.75) is 25.9 Å². The number of aromatic nitrogens is 2. The number of carbonyl (C=O) groups excluding carboxylic acids is 1. The van der Waals surface area contributed by atoms with Crippen molar-refractivity contribution in [2.75, 3.05) is 32.0 Å². The lowest BCUT2D eigenvalue weighted by molar-refractivity contribution is -0.0448. The molecule has 0 aliphatic carbocycles. The predicted octanol–water partition coefficient (Wildman–Crippen LogP) is -0.222. The molecular formula is C12H20N4O3. The van der Waals surface area contributed by atoms with Gasteiger partial charge in [-0.3, -0.25) is 9.89 Å². The van der Waals surface area contributed by atoms with Gasteiger partial charge in [0.25, 0.3) is 5.91 Å². The van der Waals surface area contributed by atoms with Gasteiger partial charge in [0.1, 0.15) is 0 Å². The Morgan fingerprint density at radius 2 is 2.47 bits per heavy atom. The van der Waals surface area contributed by atoms with E-state index in [0.29, 0.717) is 25.4 Å². The first-order valence-electron chi connectivity index (χ1n) is 6.51. The molecule has 7 heteroatoms. The molecule has 106 valence electrons. The van der Waals surface area contributed by atoms with E-state index in [2.05, 4.69) is 10.2 Å². The number of nitrogens with zero attached hydrogens (tertiary/aromatic N) is 2. The first kappa shape index (κ1) is 13.8. The number of ether oxygens (including phenoxy) is 1. The molecule has 7 nitrogen and oxygen atoms in total. The molecule has 0 saturated carbocycles. The van der Waals surface area contributed by atoms with Crippen LogP contribution in [0.15, 0.2) is 0 Å². The fourth-order valence-corrected chi connectivity index (χ4v) is 2.15. The number of hydrogen-bond acceptors (Lipinski definition) is 5. The molecule has 0 radical (unpaired) electrons. The van der Waals surface area contributed by atoms with Crippen molar-refractivity contribution < 1.29 is 14.6 Å². The minimum absolute atomic E-state index is 0.0963. The lowest BCUT2D eigenvalue weighted by Crippen LogP contribution is -2.47. The summed E-state index contributed by atoms with van der Waals surface area (Å²) in [6.07, 6.45) is 1.38. The zero-order chi connectivity index (χ0) is 13.8. The molecule has 0 aromatic carbocycles. The highest BCUT2D eigenvalue weighted by atomic mass is 16.5. The minimum Gasteiger partial charge on any atom is -0.395 e. The van der Waals surface area contributed by atoms with E-state index >= 15 is 0 Å². The van der Waals surface area contributed by atoms with Gasteiger partial charge in [-0.2, -0.15) is 5.10 Å². The van der Waals surface area contributed by atoms with Gasteiger partial charge in [-0.25, -0.2) is 0 Å². The van der Waals surface area contributed by atoms with Gasteiger partial charge < -0.3 is 20.5 Å². The summed E-state index contributed by atoms with van der Waals surface area (Å²) >= 11 is 0. The number of carbonyl (C=O) groups is 1. The molecule has 1 aromatic heterocycles. The summed E-state index contributed by atoms with van der Waals surface area (Å²) in [6, 6.07) is 0. The van der Waals surface area contributed by atoms with Gasteiger partial charge >= 0.3 is 0 Å². The first-order chi connectivity index (χ1) is 9.17. The van der Waals surface area contributed by atoms with E-state index in [1.807, 2.05) is 6.92 Å². The molecule has 1 fully saturated rings. The van der Waals surface area contributed by atoms with Crippen molar-refractivity contribution >= 4 is 11.6 Å². The average Bonchev–Trinajstić information content (AvgIpc) is 2.80. The number of aliphatic hydroxyl groups excluding tert-OH is 1. The predicted molar refractivity (Wildman–Crippen MR) is 69.7 cm³/mol. The molecular weight excluding hydrogens is 248 g/mol. The van der Waals surface area contributed by atoms with Crippen molar-refractivity contribution in [3.8, 4) is 0 Å². The number of aliphatic hydroxyl groups is 1. The SMILES string of the molecule is CCCc1[nH]nc(C(=O)N2CCOC(CO)C2)c1N. The molecule has 1 amide bonds. The minimum atomic E-state index is -0.326. The van der Waals surface area contributed by atoms with Crippen LogP contribution in [0.4, 0.5) is 5.69 Å². The lowest BCUT2D eigenvalue weighted by Gasteiger charge is -2.31. The zero-order valence-electron chi connectivity index (χ0n) is 11.1. The van der Waals surface area contributed by atoms with Crippen molar-refractivity contribution in [1.82, 2.24) is 15.1 Å². The highest BCUT2D eigenvalue weighted by Crippen LogP contribution is 2.18. The van der Waals surface area contributed by atoms with E-state index in [0.717, 1.165) is 18.5 Å². The van der Waals surface area contributed by atoms with E-state index in [9.17, 15) is 4.79 Å². The number of anilines is 1. The van der Waals surface area contributed by atoms with Gasteiger partial charge in [-0.05, 0) is 6.42 Å². The normalized spacial score (nSPS) is 19.7. The molecule has 0 bridgehead atoms. The Morgan fingerprint density at radius 3 is 3.16 bits per heavy atom. The lowest BCUT2D eigenvalue weighted by atomic mass is 10.2. The van der Waals surface area contributed by atoms with E-state index in [1.54, 1.807) is 4.90 Å². The van der Waals surface area contributed by atoms with Gasteiger partial charge in [-0.1, -0.05) is 13.3 Å². The van der Waals surface area contributed by atoms with Crippen LogP contribution in [0.5, 0.6) is 0 Å². The Kier molecular flexibility index (Phi) is 4.39. The number of nitrogens with two attached hydrogens (primary N) is 1. The number of H-pyrrole nitrogens is 1. The van der Waals surface area contributed by atoms with Crippen LogP contribution < -0.4 is 5.73 Å². The van der Waals surface area contributed by atoms with E-state index in [4.69, 9.17) is 15.6 Å². The second-order valence-corrected chi connectivity index (χ2v) is 4.64. The molecule has 1 saturated heterocycles. The van der Waals surface area contributed by atoms with Crippen LogP contribution in [0, 0.1) is 0 Å². The van der Waals surface area contributed by atoms with Crippen LogP contribution in [0.3, 0.4) is 0 Å². The third kappa shape index (κ3) is 2.87. The van der Waals surface area contributed by atoms with Gasteiger partial charge in [-0.15, -0.1) is 0 Å². The van der Waals surface area contributed by atoms with Crippen LogP contribution in [0.2, 0.25) is 0 Å². The van der Waals surface area contributed by atoms with E-state index in [1.165, 1.54) is 0 Å². The van der Waals surface area contributed by atoms with Crippen LogP contribution in [-0.4, -0.2) is 58.5 Å². The maximum Gasteiger partial charge on any atom is 0.276 e. The maximum atomic E-state index is 12.3. The fourth-order valence-electron chi connectivity index (χ4n) is 2.15. The van der Waals surface area contributed by atoms with Crippen LogP contribution >= 0.6 is 0 Å². The van der Waals surface area contributed by atoms with Crippen LogP contribution in [0.25, 0.3) is 0 Å². The average molecular weight is 268 g/mol. The highest BCUT2D eigenvalue weighted by Gasteiger charge is 2.27. The number of aryl methyl sites for hydroxylation is 1. The Bertz CT molecular complexity index is 446. The molecule has 2 rings (SSSR count). The third-order valence-electron chi connectivity index (χ3n) is 3.22. The molecule has 1 unspecified atom stereocenters. The monoisotopic (exact) mass is 268 g/mol. The van der Waals surface area contributed by atoms with Crippen molar-refractivity contribution in [2.24, 2.45) is 0 Å². The number of nitrogens with one attached hydrogen (secondary N) is 1. The Hall–Kier alpha value is -1.60. The maximum absolute atomic E-state index is 12.3. The third-order valence-corrected chi connectivity index (χ3v) is 3.22. The Balaban J connectivity index is 2.10. The molecule has 0 spiro atoms. The molecule has 1 atom stereocenters. The zero-order valence-corrected chi connectivity index (χ0v) is 11.1. The summed E-state index contributed by atoms with van der Waals surface area (Å²) in [5, 5.41) is 15.9. The molecule has 19 heavy (non-hydrogen) atoms. The summed E-state index contributed by atoms with van der Waals surface area (Å²) in [5.74, 6) is -0.210. The van der Waals surface area contributed by atoms with Gasteiger partial charge in [0.15, 0.2) is 5.69 Å². The number of aromatic amines is 1. The highest BCUT2D eigenvalue weighted by molar-refractivity contribution is 5.97. The molecule has 2 heterocycles. The van der Waals surface area contributed by atoms with E-state index < -0.39 is 0 Å².